The predicted octanol–water partition coefficient (Wildman–Crippen LogP) is 6.20. The fourth-order valence-electron chi connectivity index (χ4n) is 7.89. The molecule has 0 radical (unpaired) electrons. The van der Waals surface area contributed by atoms with Crippen molar-refractivity contribution in [2.45, 2.75) is 88.4 Å². The van der Waals surface area contributed by atoms with Crippen LogP contribution in [0.25, 0.3) is 6.08 Å². The molecular formula is C44H50N8O4. The van der Waals surface area contributed by atoms with Gasteiger partial charge in [0.05, 0.1) is 24.0 Å². The van der Waals surface area contributed by atoms with Crippen LogP contribution in [-0.4, -0.2) is 66.5 Å². The average Bonchev–Trinajstić information content (AvgIpc) is 4.00. The van der Waals surface area contributed by atoms with Crippen LogP contribution in [0, 0.1) is 11.8 Å². The van der Waals surface area contributed by atoms with E-state index in [4.69, 9.17) is 0 Å². The van der Waals surface area contributed by atoms with Crippen molar-refractivity contribution in [2.24, 2.45) is 11.8 Å². The highest BCUT2D eigenvalue weighted by atomic mass is 16.2. The number of nitrogens with zero attached hydrogens (tertiary/aromatic N) is 4. The number of hydrogen-bond donors (Lipinski definition) is 4. The summed E-state index contributed by atoms with van der Waals surface area (Å²) in [7, 11) is 0. The van der Waals surface area contributed by atoms with Crippen molar-refractivity contribution in [1.29, 1.82) is 0 Å². The number of carbonyl (C=O) groups is 4. The zero-order chi connectivity index (χ0) is 38.4. The molecule has 2 aromatic heterocycles. The van der Waals surface area contributed by atoms with Crippen LogP contribution in [0.4, 0.5) is 0 Å². The highest BCUT2D eigenvalue weighted by Gasteiger charge is 2.40. The van der Waals surface area contributed by atoms with Gasteiger partial charge in [-0.25, -0.2) is 9.97 Å². The molecule has 2 saturated carbocycles. The minimum absolute atomic E-state index is 0.00915. The summed E-state index contributed by atoms with van der Waals surface area (Å²) < 4.78 is 0. The normalized spacial score (nSPS) is 20.8. The number of benzene rings is 2. The number of imidazole rings is 2. The second-order valence-corrected chi connectivity index (χ2v) is 15.5. The van der Waals surface area contributed by atoms with E-state index in [0.717, 1.165) is 98.4 Å². The summed E-state index contributed by atoms with van der Waals surface area (Å²) >= 11 is 0. The molecule has 2 aliphatic carbocycles. The van der Waals surface area contributed by atoms with E-state index in [-0.39, 0.29) is 47.5 Å². The first-order valence-electron chi connectivity index (χ1n) is 20.2. The van der Waals surface area contributed by atoms with Gasteiger partial charge in [0.2, 0.25) is 23.6 Å². The predicted molar refractivity (Wildman–Crippen MR) is 211 cm³/mol. The smallest absolute Gasteiger partial charge is 0.250 e. The van der Waals surface area contributed by atoms with E-state index < -0.39 is 12.1 Å². The van der Waals surface area contributed by atoms with Gasteiger partial charge in [-0.3, -0.25) is 19.2 Å². The number of allylic oxidation sites excluding steroid dienone is 3. The maximum absolute atomic E-state index is 13.9. The average molecular weight is 755 g/mol. The molecule has 2 saturated heterocycles. The topological polar surface area (TPSA) is 156 Å². The van der Waals surface area contributed by atoms with Gasteiger partial charge in [0.15, 0.2) is 0 Å². The minimum atomic E-state index is -0.719. The molecule has 8 rings (SSSR count). The molecule has 12 heteroatoms. The van der Waals surface area contributed by atoms with Gasteiger partial charge in [-0.15, -0.1) is 0 Å². The fraction of sp³-hybridized carbons (Fsp3) is 0.409. The van der Waals surface area contributed by atoms with Crippen LogP contribution >= 0.6 is 0 Å². The van der Waals surface area contributed by atoms with Gasteiger partial charge in [0.1, 0.15) is 23.7 Å². The van der Waals surface area contributed by atoms with E-state index in [1.807, 2.05) is 94.9 Å². The molecule has 4 fully saturated rings. The van der Waals surface area contributed by atoms with Crippen LogP contribution < -0.4 is 10.6 Å². The Bertz CT molecular complexity index is 2070. The minimum Gasteiger partial charge on any atom is -0.344 e. The quantitative estimate of drug-likeness (QED) is 0.106. The number of rotatable bonds is 15. The molecule has 12 nitrogen and oxygen atoms in total. The Hall–Kier alpha value is -5.78. The number of aryl methyl sites for hydroxylation is 1. The monoisotopic (exact) mass is 754 g/mol. The summed E-state index contributed by atoms with van der Waals surface area (Å²) in [5.41, 5.74) is 3.43. The first-order chi connectivity index (χ1) is 27.4. The lowest BCUT2D eigenvalue weighted by Crippen LogP contribution is -2.43. The van der Waals surface area contributed by atoms with Gasteiger partial charge < -0.3 is 30.4 Å². The number of nitrogens with one attached hydrogen (secondary N) is 4. The van der Waals surface area contributed by atoms with Crippen LogP contribution in [-0.2, 0) is 25.6 Å². The summed E-state index contributed by atoms with van der Waals surface area (Å²) in [5.74, 6) is 1.26. The van der Waals surface area contributed by atoms with Crippen LogP contribution in [0.5, 0.6) is 0 Å². The van der Waals surface area contributed by atoms with Crippen molar-refractivity contribution in [3.8, 4) is 0 Å². The Balaban J connectivity index is 0.842. The highest BCUT2D eigenvalue weighted by Crippen LogP contribution is 2.36. The van der Waals surface area contributed by atoms with E-state index in [2.05, 4.69) is 36.6 Å². The third-order valence-corrected chi connectivity index (χ3v) is 11.3. The molecule has 4 amide bonds. The molecule has 0 unspecified atom stereocenters. The van der Waals surface area contributed by atoms with Gasteiger partial charge in [-0.2, -0.15) is 0 Å². The standard InChI is InChI=1S/C44H50N8O4/c53-41(31-21-22-31)49-37(29-13-5-3-6-14-29)43(55)51-25-11-19-35(51)39-45-27-33(47-39)17-9-1-2-10-18-34-28-46-40(48-34)36-20-12-26-52(36)44(56)38(30-15-7-4-8-16-30)50-42(54)32-23-24-32/h1-9,13-17,27-28,31-32,35-38H,10-12,18-26H2,(H,45,47)(H,46,48)(H,49,53)(H,50,54)/b2-1+,17-9+/t35-,36-,37+,38+/m1/s1. The van der Waals surface area contributed by atoms with Crippen LogP contribution in [0.2, 0.25) is 0 Å². The largest absolute Gasteiger partial charge is 0.344 e. The van der Waals surface area contributed by atoms with Crippen LogP contribution in [0.3, 0.4) is 0 Å². The Kier molecular flexibility index (Phi) is 11.2. The highest BCUT2D eigenvalue weighted by molar-refractivity contribution is 5.91. The SMILES string of the molecule is O=C(N[C@H](C(=O)N1CCC[C@@H]1c1ncc(/C=C/C=C/CCc2cnc([C@H]3CCCN3C(=O)[C@@H](NC(=O)C3CC3)c3ccccc3)[nH]2)[nH]1)c1ccccc1)C1CC1. The third kappa shape index (κ3) is 8.69. The lowest BCUT2D eigenvalue weighted by Gasteiger charge is -2.28. The summed E-state index contributed by atoms with van der Waals surface area (Å²) in [6.07, 6.45) is 20.1. The van der Waals surface area contributed by atoms with Gasteiger partial charge in [0, 0.05) is 36.8 Å². The summed E-state index contributed by atoms with van der Waals surface area (Å²) in [4.78, 5) is 73.3. The number of likely N-dealkylation sites (tertiary alicyclic amines) is 2. The van der Waals surface area contributed by atoms with Gasteiger partial charge in [-0.05, 0) is 81.4 Å². The Morgan fingerprint density at radius 1 is 0.679 bits per heavy atom. The summed E-state index contributed by atoms with van der Waals surface area (Å²) in [5, 5.41) is 6.07. The van der Waals surface area contributed by atoms with E-state index in [0.29, 0.717) is 13.1 Å². The van der Waals surface area contributed by atoms with E-state index in [9.17, 15) is 19.2 Å². The summed E-state index contributed by atoms with van der Waals surface area (Å²) in [6, 6.07) is 17.2. The molecule has 2 aliphatic heterocycles. The number of aromatic amines is 2. The molecule has 4 N–H and O–H groups in total. The Morgan fingerprint density at radius 2 is 1.20 bits per heavy atom. The third-order valence-electron chi connectivity index (χ3n) is 11.3. The van der Waals surface area contributed by atoms with Crippen molar-refractivity contribution in [1.82, 2.24) is 40.4 Å². The number of carbonyl (C=O) groups excluding carboxylic acids is 4. The number of amides is 4. The molecule has 0 spiro atoms. The zero-order valence-electron chi connectivity index (χ0n) is 31.6. The van der Waals surface area contributed by atoms with Crippen molar-refractivity contribution >= 4 is 29.7 Å². The van der Waals surface area contributed by atoms with Crippen LogP contribution in [0.1, 0.15) is 116 Å². The Labute approximate surface area is 327 Å². The van der Waals surface area contributed by atoms with E-state index in [1.54, 1.807) is 6.20 Å². The lowest BCUT2D eigenvalue weighted by molar-refractivity contribution is -0.138. The molecule has 4 atom stereocenters. The van der Waals surface area contributed by atoms with Gasteiger partial charge >= 0.3 is 0 Å². The fourth-order valence-corrected chi connectivity index (χ4v) is 7.89. The molecule has 2 aromatic carbocycles. The molecule has 4 aromatic rings. The molecular weight excluding hydrogens is 705 g/mol. The maximum atomic E-state index is 13.9. The molecule has 4 heterocycles. The molecule has 56 heavy (non-hydrogen) atoms. The van der Waals surface area contributed by atoms with Gasteiger partial charge in [0.25, 0.3) is 0 Å². The maximum Gasteiger partial charge on any atom is 0.250 e. The van der Waals surface area contributed by atoms with Crippen LogP contribution in [0.15, 0.2) is 91.3 Å². The second-order valence-electron chi connectivity index (χ2n) is 15.5. The van der Waals surface area contributed by atoms with E-state index in [1.165, 1.54) is 0 Å². The first-order valence-corrected chi connectivity index (χ1v) is 20.2. The van der Waals surface area contributed by atoms with Crippen molar-refractivity contribution in [3.05, 3.63) is 125 Å². The van der Waals surface area contributed by atoms with Gasteiger partial charge in [-0.1, -0.05) is 78.9 Å². The Morgan fingerprint density at radius 3 is 1.73 bits per heavy atom. The van der Waals surface area contributed by atoms with Crippen molar-refractivity contribution in [2.75, 3.05) is 13.1 Å². The van der Waals surface area contributed by atoms with Crippen molar-refractivity contribution < 1.29 is 19.2 Å². The molecule has 0 bridgehead atoms. The summed E-state index contributed by atoms with van der Waals surface area (Å²) in [6.45, 7) is 1.24. The number of H-pyrrole nitrogens is 2. The lowest BCUT2D eigenvalue weighted by atomic mass is 10.0. The first kappa shape index (κ1) is 37.2. The number of aromatic nitrogens is 4. The second kappa shape index (κ2) is 16.9. The number of hydrogen-bond acceptors (Lipinski definition) is 6. The van der Waals surface area contributed by atoms with Crippen molar-refractivity contribution in [3.63, 3.8) is 0 Å². The molecule has 4 aliphatic rings. The zero-order valence-corrected chi connectivity index (χ0v) is 31.6. The molecule has 290 valence electrons. The van der Waals surface area contributed by atoms with E-state index >= 15 is 0 Å².